The molecule has 132 valence electrons. The molecule has 2 aromatic rings. The molecule has 0 spiro atoms. The molecule has 2 fully saturated rings. The van der Waals surface area contributed by atoms with Crippen LogP contribution in [-0.4, -0.2) is 53.2 Å². The zero-order valence-corrected chi connectivity index (χ0v) is 14.3. The third kappa shape index (κ3) is 3.23. The predicted molar refractivity (Wildman–Crippen MR) is 90.2 cm³/mol. The maximum Gasteiger partial charge on any atom is 0.287 e. The summed E-state index contributed by atoms with van der Waals surface area (Å²) in [5.41, 5.74) is 0.751. The van der Waals surface area contributed by atoms with Crippen molar-refractivity contribution in [3.63, 3.8) is 0 Å². The van der Waals surface area contributed by atoms with Crippen molar-refractivity contribution >= 4 is 27.2 Å². The number of carbonyl (C=O) groups is 2. The van der Waals surface area contributed by atoms with E-state index in [9.17, 15) is 18.0 Å². The molecule has 2 N–H and O–H groups in total. The van der Waals surface area contributed by atoms with E-state index in [4.69, 9.17) is 0 Å². The number of rotatable bonds is 4. The molecule has 0 radical (unpaired) electrons. The summed E-state index contributed by atoms with van der Waals surface area (Å²) in [5.74, 6) is -0.671. The average molecular weight is 362 g/mol. The average Bonchev–Trinajstić information content (AvgIpc) is 3.18. The fraction of sp³-hybridized carbons (Fsp3) is 0.438. The van der Waals surface area contributed by atoms with Gasteiger partial charge in [0.1, 0.15) is 0 Å². The first-order valence-electron chi connectivity index (χ1n) is 8.22. The van der Waals surface area contributed by atoms with Gasteiger partial charge in [-0.05, 0) is 31.4 Å². The standard InChI is InChI=1S/C16H18N4O4S/c21-15(17-10-4-5-10)13-12-3-1-2-7-20(12)14(19-13)16(22)18-11-6-8-25(23,24)9-11/h1-3,7,10-11H,4-6,8-9H2,(H,17,21)(H,18,22). The molecule has 1 aliphatic heterocycles. The van der Waals surface area contributed by atoms with Crippen molar-refractivity contribution < 1.29 is 18.0 Å². The van der Waals surface area contributed by atoms with Crippen LogP contribution in [-0.2, 0) is 9.84 Å². The molecule has 25 heavy (non-hydrogen) atoms. The Morgan fingerprint density at radius 2 is 1.84 bits per heavy atom. The molecular weight excluding hydrogens is 344 g/mol. The Labute approximate surface area is 144 Å². The van der Waals surface area contributed by atoms with E-state index in [-0.39, 0.29) is 35.0 Å². The van der Waals surface area contributed by atoms with Crippen LogP contribution >= 0.6 is 0 Å². The van der Waals surface area contributed by atoms with Gasteiger partial charge in [-0.1, -0.05) is 6.07 Å². The molecule has 1 aliphatic carbocycles. The fourth-order valence-electron chi connectivity index (χ4n) is 3.01. The lowest BCUT2D eigenvalue weighted by Crippen LogP contribution is -2.36. The first-order chi connectivity index (χ1) is 11.9. The van der Waals surface area contributed by atoms with Crippen molar-refractivity contribution in [1.29, 1.82) is 0 Å². The van der Waals surface area contributed by atoms with Crippen molar-refractivity contribution in [2.45, 2.75) is 31.3 Å². The van der Waals surface area contributed by atoms with Crippen molar-refractivity contribution in [2.75, 3.05) is 11.5 Å². The second kappa shape index (κ2) is 5.83. The molecule has 3 heterocycles. The monoisotopic (exact) mass is 362 g/mol. The van der Waals surface area contributed by atoms with Gasteiger partial charge in [-0.25, -0.2) is 13.4 Å². The molecule has 9 heteroatoms. The van der Waals surface area contributed by atoms with Gasteiger partial charge in [0.05, 0.1) is 17.0 Å². The van der Waals surface area contributed by atoms with Crippen molar-refractivity contribution in [3.8, 4) is 0 Å². The number of amides is 2. The molecule has 2 aromatic heterocycles. The summed E-state index contributed by atoms with van der Waals surface area (Å²) in [7, 11) is -3.09. The van der Waals surface area contributed by atoms with Gasteiger partial charge in [0.15, 0.2) is 15.5 Å². The lowest BCUT2D eigenvalue weighted by Gasteiger charge is -2.09. The van der Waals surface area contributed by atoms with E-state index in [2.05, 4.69) is 15.6 Å². The Balaban J connectivity index is 1.62. The van der Waals surface area contributed by atoms with E-state index in [1.807, 2.05) is 0 Å². The van der Waals surface area contributed by atoms with Crippen LogP contribution in [0.25, 0.3) is 5.52 Å². The quantitative estimate of drug-likeness (QED) is 0.804. The number of imidazole rings is 1. The molecule has 0 bridgehead atoms. The van der Waals surface area contributed by atoms with Gasteiger partial charge >= 0.3 is 0 Å². The number of hydrogen-bond acceptors (Lipinski definition) is 5. The maximum absolute atomic E-state index is 12.6. The highest BCUT2D eigenvalue weighted by Gasteiger charge is 2.31. The van der Waals surface area contributed by atoms with Crippen LogP contribution < -0.4 is 10.6 Å². The first-order valence-corrected chi connectivity index (χ1v) is 10.0. The highest BCUT2D eigenvalue weighted by Crippen LogP contribution is 2.21. The number of fused-ring (bicyclic) bond motifs is 1. The minimum absolute atomic E-state index is 0.0585. The van der Waals surface area contributed by atoms with E-state index in [0.29, 0.717) is 11.9 Å². The number of nitrogens with zero attached hydrogens (tertiary/aromatic N) is 2. The SMILES string of the molecule is O=C(NC1CC1)c1nc(C(=O)NC2CCS(=O)(=O)C2)n2ccccc12. The Kier molecular flexibility index (Phi) is 3.75. The van der Waals surface area contributed by atoms with Gasteiger partial charge in [-0.3, -0.25) is 14.0 Å². The van der Waals surface area contributed by atoms with E-state index in [1.54, 1.807) is 28.8 Å². The molecule has 1 saturated heterocycles. The second-order valence-electron chi connectivity index (χ2n) is 6.56. The molecule has 8 nitrogen and oxygen atoms in total. The molecular formula is C16H18N4O4S. The first kappa shape index (κ1) is 16.1. The van der Waals surface area contributed by atoms with Gasteiger partial charge in [0, 0.05) is 18.3 Å². The topological polar surface area (TPSA) is 110 Å². The normalized spacial score (nSPS) is 22.0. The van der Waals surface area contributed by atoms with E-state index in [1.165, 1.54) is 0 Å². The smallest absolute Gasteiger partial charge is 0.287 e. The zero-order chi connectivity index (χ0) is 17.6. The van der Waals surface area contributed by atoms with Crippen LogP contribution in [0.5, 0.6) is 0 Å². The number of nitrogens with one attached hydrogen (secondary N) is 2. The molecule has 1 atom stereocenters. The lowest BCUT2D eigenvalue weighted by atomic mass is 10.2. The number of carbonyl (C=O) groups excluding carboxylic acids is 2. The van der Waals surface area contributed by atoms with Crippen molar-refractivity contribution in [1.82, 2.24) is 20.0 Å². The molecule has 1 saturated carbocycles. The molecule has 2 aliphatic rings. The van der Waals surface area contributed by atoms with E-state index < -0.39 is 21.8 Å². The fourth-order valence-corrected chi connectivity index (χ4v) is 4.68. The molecule has 1 unspecified atom stereocenters. The van der Waals surface area contributed by atoms with Crippen LogP contribution in [0.15, 0.2) is 24.4 Å². The Bertz CT molecular complexity index is 962. The number of hydrogen-bond donors (Lipinski definition) is 2. The summed E-state index contributed by atoms with van der Waals surface area (Å²) >= 11 is 0. The van der Waals surface area contributed by atoms with Gasteiger partial charge in [-0.15, -0.1) is 0 Å². The van der Waals surface area contributed by atoms with Crippen LogP contribution in [0.3, 0.4) is 0 Å². The van der Waals surface area contributed by atoms with Gasteiger partial charge in [-0.2, -0.15) is 0 Å². The Morgan fingerprint density at radius 3 is 2.52 bits per heavy atom. The molecule has 4 rings (SSSR count). The minimum atomic E-state index is -3.09. The predicted octanol–water partition coefficient (Wildman–Crippen LogP) is 0.143. The summed E-state index contributed by atoms with van der Waals surface area (Å²) in [6, 6.07) is 5.02. The molecule has 2 amide bonds. The largest absolute Gasteiger partial charge is 0.348 e. The Hall–Kier alpha value is -2.42. The summed E-state index contributed by atoms with van der Waals surface area (Å²) in [5, 5.41) is 5.59. The van der Waals surface area contributed by atoms with Crippen LogP contribution in [0, 0.1) is 0 Å². The second-order valence-corrected chi connectivity index (χ2v) is 8.79. The van der Waals surface area contributed by atoms with E-state index >= 15 is 0 Å². The number of pyridine rings is 1. The summed E-state index contributed by atoms with van der Waals surface area (Å²) in [6.07, 6.45) is 3.98. The van der Waals surface area contributed by atoms with Crippen molar-refractivity contribution in [3.05, 3.63) is 35.9 Å². The minimum Gasteiger partial charge on any atom is -0.348 e. The number of sulfone groups is 1. The highest BCUT2D eigenvalue weighted by atomic mass is 32.2. The lowest BCUT2D eigenvalue weighted by molar-refractivity contribution is 0.0930. The van der Waals surface area contributed by atoms with Crippen LogP contribution in [0.4, 0.5) is 0 Å². The summed E-state index contributed by atoms with van der Waals surface area (Å²) in [4.78, 5) is 29.2. The van der Waals surface area contributed by atoms with Crippen LogP contribution in [0.1, 0.15) is 40.4 Å². The summed E-state index contributed by atoms with van der Waals surface area (Å²) < 4.78 is 24.7. The summed E-state index contributed by atoms with van der Waals surface area (Å²) in [6.45, 7) is 0. The van der Waals surface area contributed by atoms with Gasteiger partial charge in [0.2, 0.25) is 5.82 Å². The van der Waals surface area contributed by atoms with E-state index in [0.717, 1.165) is 12.8 Å². The third-order valence-electron chi connectivity index (χ3n) is 4.45. The third-order valence-corrected chi connectivity index (χ3v) is 6.21. The number of aromatic nitrogens is 2. The van der Waals surface area contributed by atoms with Crippen molar-refractivity contribution in [2.24, 2.45) is 0 Å². The maximum atomic E-state index is 12.6. The Morgan fingerprint density at radius 1 is 1.08 bits per heavy atom. The van der Waals surface area contributed by atoms with Gasteiger partial charge in [0.25, 0.3) is 11.8 Å². The molecule has 0 aromatic carbocycles. The van der Waals surface area contributed by atoms with Gasteiger partial charge < -0.3 is 10.6 Å². The highest BCUT2D eigenvalue weighted by molar-refractivity contribution is 7.91. The zero-order valence-electron chi connectivity index (χ0n) is 13.4. The van der Waals surface area contributed by atoms with Crippen LogP contribution in [0.2, 0.25) is 0 Å².